The van der Waals surface area contributed by atoms with Gasteiger partial charge in [0.15, 0.2) is 0 Å². The Kier molecular flexibility index (Phi) is 10.1. The van der Waals surface area contributed by atoms with Crippen LogP contribution in [-0.2, 0) is 0 Å². The van der Waals surface area contributed by atoms with Crippen molar-refractivity contribution >= 4 is 43.6 Å². The van der Waals surface area contributed by atoms with Crippen LogP contribution in [0.3, 0.4) is 0 Å². The zero-order valence-electron chi connectivity index (χ0n) is 39.4. The zero-order chi connectivity index (χ0) is 47.6. The van der Waals surface area contributed by atoms with Crippen LogP contribution < -0.4 is 0 Å². The molecule has 0 saturated heterocycles. The van der Waals surface area contributed by atoms with Crippen LogP contribution in [0, 0.1) is 50.4 Å². The molecule has 12 rings (SSSR count). The minimum Gasteiger partial charge on any atom is -0.308 e. The smallest absolute Gasteiger partial charge is 0.104 e. The molecule has 0 spiro atoms. The Hall–Kier alpha value is -9.22. The second-order valence-corrected chi connectivity index (χ2v) is 18.7. The van der Waals surface area contributed by atoms with E-state index >= 15 is 0 Å². The molecule has 2 heterocycles. The summed E-state index contributed by atoms with van der Waals surface area (Å²) in [6.45, 7) is 8.50. The number of hydrogen-bond donors (Lipinski definition) is 0. The third-order valence-electron chi connectivity index (χ3n) is 14.0. The molecule has 0 saturated carbocycles. The van der Waals surface area contributed by atoms with Crippen molar-refractivity contribution in [2.24, 2.45) is 0 Å². The highest BCUT2D eigenvalue weighted by molar-refractivity contribution is 6.13. The maximum Gasteiger partial charge on any atom is 0.104 e. The van der Waals surface area contributed by atoms with Gasteiger partial charge >= 0.3 is 0 Å². The van der Waals surface area contributed by atoms with E-state index in [9.17, 15) is 10.5 Å². The number of benzene rings is 10. The monoisotopic (exact) mass is 894 g/mol. The molecule has 330 valence electrons. The van der Waals surface area contributed by atoms with Crippen LogP contribution >= 0.6 is 0 Å². The Morgan fingerprint density at radius 2 is 0.629 bits per heavy atom. The van der Waals surface area contributed by atoms with Crippen molar-refractivity contribution in [1.82, 2.24) is 9.13 Å². The Bertz CT molecular complexity index is 3760. The number of aryl methyl sites for hydroxylation is 4. The van der Waals surface area contributed by atoms with Crippen LogP contribution in [-0.4, -0.2) is 9.13 Å². The molecule has 0 radical (unpaired) electrons. The van der Waals surface area contributed by atoms with Gasteiger partial charge < -0.3 is 9.13 Å². The highest BCUT2D eigenvalue weighted by atomic mass is 15.0. The molecule has 0 fully saturated rings. The summed E-state index contributed by atoms with van der Waals surface area (Å²) in [6, 6.07) is 78.6. The predicted molar refractivity (Wildman–Crippen MR) is 291 cm³/mol. The lowest BCUT2D eigenvalue weighted by atomic mass is 9.96. The molecule has 0 bridgehead atoms. The standard InChI is InChI=1S/C66H46N4/c1-41-11-7-16-45(29-41)49-21-25-56-57-26-22-50(46-17-8-12-42(2)30-46)34-62(57)69(61(56)33-49)65-37-54(55-20-6-5-15-53(55)39-67)38-66(60(65)40-68)70-63-35-51(47-18-9-13-43(3)31-47)23-27-58(63)59-28-24-52(36-64(59)70)48-19-10-14-44(4)32-48/h5-38H,1-4H3. The molecule has 70 heavy (non-hydrogen) atoms. The highest BCUT2D eigenvalue weighted by Gasteiger charge is 2.25. The molecule has 12 aromatic rings. The first-order valence-electron chi connectivity index (χ1n) is 23.8. The van der Waals surface area contributed by atoms with Crippen molar-refractivity contribution in [2.45, 2.75) is 27.7 Å². The van der Waals surface area contributed by atoms with Gasteiger partial charge in [0.25, 0.3) is 0 Å². The lowest BCUT2D eigenvalue weighted by molar-refractivity contribution is 1.12. The van der Waals surface area contributed by atoms with Crippen LogP contribution in [0.15, 0.2) is 206 Å². The molecular weight excluding hydrogens is 849 g/mol. The highest BCUT2D eigenvalue weighted by Crippen LogP contribution is 2.44. The van der Waals surface area contributed by atoms with Gasteiger partial charge in [0.05, 0.1) is 45.1 Å². The molecule has 2 aromatic heterocycles. The summed E-state index contributed by atoms with van der Waals surface area (Å²) in [5.74, 6) is 0. The van der Waals surface area contributed by atoms with E-state index in [4.69, 9.17) is 0 Å². The Balaban J connectivity index is 1.24. The molecular formula is C66H46N4. The van der Waals surface area contributed by atoms with Crippen LogP contribution in [0.1, 0.15) is 33.4 Å². The molecule has 10 aromatic carbocycles. The van der Waals surface area contributed by atoms with Crippen molar-refractivity contribution in [3.05, 3.63) is 240 Å². The molecule has 0 aliphatic heterocycles. The van der Waals surface area contributed by atoms with E-state index in [1.807, 2.05) is 24.3 Å². The van der Waals surface area contributed by atoms with Crippen LogP contribution in [0.25, 0.3) is 111 Å². The topological polar surface area (TPSA) is 57.4 Å². The van der Waals surface area contributed by atoms with Crippen LogP contribution in [0.2, 0.25) is 0 Å². The summed E-state index contributed by atoms with van der Waals surface area (Å²) >= 11 is 0. The molecule has 0 unspecified atom stereocenters. The Morgan fingerprint density at radius 1 is 0.300 bits per heavy atom. The number of nitriles is 2. The summed E-state index contributed by atoms with van der Waals surface area (Å²) < 4.78 is 4.60. The number of hydrogen-bond acceptors (Lipinski definition) is 2. The fourth-order valence-electron chi connectivity index (χ4n) is 10.6. The van der Waals surface area contributed by atoms with Gasteiger partial charge in [-0.2, -0.15) is 10.5 Å². The Labute approximate surface area is 407 Å². The van der Waals surface area contributed by atoms with Gasteiger partial charge in [0.1, 0.15) is 11.6 Å². The summed E-state index contributed by atoms with van der Waals surface area (Å²) in [4.78, 5) is 0. The minimum absolute atomic E-state index is 0.514. The molecule has 0 N–H and O–H groups in total. The van der Waals surface area contributed by atoms with E-state index in [-0.39, 0.29) is 0 Å². The van der Waals surface area contributed by atoms with Crippen LogP contribution in [0.4, 0.5) is 0 Å². The number of fused-ring (bicyclic) bond motifs is 6. The number of aromatic nitrogens is 2. The van der Waals surface area contributed by atoms with E-state index in [1.54, 1.807) is 0 Å². The SMILES string of the molecule is Cc1cccc(-c2ccc3c4ccc(-c5cccc(C)c5)cc4n(-c4cc(-c5ccccc5C#N)cc(-n5c6cc(-c7cccc(C)c7)ccc6c6ccc(-c7cccc(C)c7)cc65)c4C#N)c3c2)c1. The van der Waals surface area contributed by atoms with E-state index in [0.29, 0.717) is 11.1 Å². The third-order valence-corrected chi connectivity index (χ3v) is 14.0. The van der Waals surface area contributed by atoms with Gasteiger partial charge in [-0.25, -0.2) is 0 Å². The van der Waals surface area contributed by atoms with Crippen molar-refractivity contribution in [2.75, 3.05) is 0 Å². The number of nitrogens with zero attached hydrogens (tertiary/aromatic N) is 4. The Morgan fingerprint density at radius 3 is 0.943 bits per heavy atom. The largest absolute Gasteiger partial charge is 0.308 e. The summed E-state index contributed by atoms with van der Waals surface area (Å²) in [5.41, 5.74) is 21.6. The number of rotatable bonds is 7. The molecule has 0 atom stereocenters. The van der Waals surface area contributed by atoms with Crippen LogP contribution in [0.5, 0.6) is 0 Å². The molecule has 4 nitrogen and oxygen atoms in total. The predicted octanol–water partition coefficient (Wildman–Crippen LogP) is 17.2. The fourth-order valence-corrected chi connectivity index (χ4v) is 10.6. The van der Waals surface area contributed by atoms with E-state index in [1.165, 1.54) is 22.3 Å². The quantitative estimate of drug-likeness (QED) is 0.160. The minimum atomic E-state index is 0.514. The first-order chi connectivity index (χ1) is 34.2. The average molecular weight is 895 g/mol. The second-order valence-electron chi connectivity index (χ2n) is 18.7. The molecule has 0 amide bonds. The summed E-state index contributed by atoms with van der Waals surface area (Å²) in [7, 11) is 0. The maximum atomic E-state index is 12.0. The van der Waals surface area contributed by atoms with Gasteiger partial charge in [-0.05, 0) is 126 Å². The zero-order valence-corrected chi connectivity index (χ0v) is 39.4. The second kappa shape index (κ2) is 16.8. The average Bonchev–Trinajstić information content (AvgIpc) is 3.89. The summed E-state index contributed by atoms with van der Waals surface area (Å²) in [6.07, 6.45) is 0. The normalized spacial score (nSPS) is 11.4. The van der Waals surface area contributed by atoms with Gasteiger partial charge in [0.2, 0.25) is 0 Å². The van der Waals surface area contributed by atoms with E-state index in [0.717, 1.165) is 111 Å². The van der Waals surface area contributed by atoms with Gasteiger partial charge in [-0.15, -0.1) is 0 Å². The fraction of sp³-hybridized carbons (Fsp3) is 0.0606. The summed E-state index contributed by atoms with van der Waals surface area (Å²) in [5, 5.41) is 27.0. The van der Waals surface area contributed by atoms with Crippen molar-refractivity contribution < 1.29 is 0 Å². The van der Waals surface area contributed by atoms with E-state index < -0.39 is 0 Å². The third kappa shape index (κ3) is 7.14. The molecule has 0 aliphatic rings. The first kappa shape index (κ1) is 42.2. The van der Waals surface area contributed by atoms with Gasteiger partial charge in [-0.1, -0.05) is 186 Å². The molecule has 4 heteroatoms. The lowest BCUT2D eigenvalue weighted by Crippen LogP contribution is -2.06. The van der Waals surface area contributed by atoms with Crippen molar-refractivity contribution in [1.29, 1.82) is 10.5 Å². The van der Waals surface area contributed by atoms with Crippen molar-refractivity contribution in [3.63, 3.8) is 0 Å². The maximum absolute atomic E-state index is 12.0. The molecule has 0 aliphatic carbocycles. The van der Waals surface area contributed by atoms with Crippen molar-refractivity contribution in [3.8, 4) is 79.1 Å². The first-order valence-corrected chi connectivity index (χ1v) is 23.8. The van der Waals surface area contributed by atoms with Gasteiger partial charge in [-0.3, -0.25) is 0 Å². The van der Waals surface area contributed by atoms with Gasteiger partial charge in [0, 0.05) is 21.5 Å². The lowest BCUT2D eigenvalue weighted by Gasteiger charge is -2.19. The van der Waals surface area contributed by atoms with E-state index in [2.05, 4.69) is 231 Å².